The van der Waals surface area contributed by atoms with Crippen molar-refractivity contribution in [2.24, 2.45) is 11.8 Å². The van der Waals surface area contributed by atoms with Crippen molar-refractivity contribution in [3.63, 3.8) is 0 Å². The molecule has 14 heavy (non-hydrogen) atoms. The molecular weight excluding hydrogens is 168 g/mol. The van der Waals surface area contributed by atoms with Crippen molar-refractivity contribution >= 4 is 0 Å². The fraction of sp³-hybridized carbons (Fsp3) is 0.571. The first-order chi connectivity index (χ1) is 6.93. The van der Waals surface area contributed by atoms with Gasteiger partial charge in [0, 0.05) is 0 Å². The predicted octanol–water partition coefficient (Wildman–Crippen LogP) is 3.59. The second kappa shape index (κ2) is 3.42. The fourth-order valence-electron chi connectivity index (χ4n) is 3.34. The van der Waals surface area contributed by atoms with Crippen LogP contribution in [0.2, 0.25) is 0 Å². The van der Waals surface area contributed by atoms with Crippen molar-refractivity contribution in [1.29, 1.82) is 0 Å². The van der Waals surface area contributed by atoms with E-state index < -0.39 is 0 Å². The lowest BCUT2D eigenvalue weighted by molar-refractivity contribution is 0.221. The van der Waals surface area contributed by atoms with Crippen LogP contribution in [0, 0.1) is 11.8 Å². The van der Waals surface area contributed by atoms with Gasteiger partial charge in [-0.3, -0.25) is 0 Å². The molecule has 0 heterocycles. The lowest BCUT2D eigenvalue weighted by Crippen LogP contribution is -2.28. The zero-order valence-corrected chi connectivity index (χ0v) is 8.71. The van der Waals surface area contributed by atoms with Gasteiger partial charge in [-0.15, -0.1) is 0 Å². The third kappa shape index (κ3) is 1.37. The molecule has 0 nitrogen and oxygen atoms in total. The molecule has 0 aromatic heterocycles. The minimum Gasteiger partial charge on any atom is -0.0620 e. The van der Waals surface area contributed by atoms with E-state index in [0.717, 1.165) is 11.8 Å². The molecule has 2 aliphatic rings. The van der Waals surface area contributed by atoms with E-state index in [1.54, 1.807) is 11.1 Å². The number of hydrogen-bond acceptors (Lipinski definition) is 0. The van der Waals surface area contributed by atoms with Gasteiger partial charge >= 0.3 is 0 Å². The molecule has 1 aromatic rings. The molecule has 0 spiro atoms. The van der Waals surface area contributed by atoms with Gasteiger partial charge in [-0.25, -0.2) is 0 Å². The average molecular weight is 186 g/mol. The van der Waals surface area contributed by atoms with E-state index in [-0.39, 0.29) is 0 Å². The van der Waals surface area contributed by atoms with Crippen LogP contribution in [-0.2, 0) is 12.8 Å². The third-order valence-corrected chi connectivity index (χ3v) is 4.15. The summed E-state index contributed by atoms with van der Waals surface area (Å²) >= 11 is 0. The summed E-state index contributed by atoms with van der Waals surface area (Å²) in [7, 11) is 0. The van der Waals surface area contributed by atoms with Crippen LogP contribution in [0.1, 0.15) is 36.8 Å². The molecule has 0 aliphatic heterocycles. The van der Waals surface area contributed by atoms with Crippen molar-refractivity contribution in [1.82, 2.24) is 0 Å². The van der Waals surface area contributed by atoms with Crippen LogP contribution in [-0.4, -0.2) is 0 Å². The maximum Gasteiger partial charge on any atom is -0.0245 e. The van der Waals surface area contributed by atoms with E-state index in [2.05, 4.69) is 24.3 Å². The van der Waals surface area contributed by atoms with E-state index >= 15 is 0 Å². The summed E-state index contributed by atoms with van der Waals surface area (Å²) in [5.41, 5.74) is 3.27. The van der Waals surface area contributed by atoms with Gasteiger partial charge < -0.3 is 0 Å². The van der Waals surface area contributed by atoms with Crippen molar-refractivity contribution in [2.75, 3.05) is 0 Å². The van der Waals surface area contributed by atoms with Crippen molar-refractivity contribution in [3.05, 3.63) is 35.4 Å². The molecule has 0 amide bonds. The summed E-state index contributed by atoms with van der Waals surface area (Å²) in [5, 5.41) is 0. The van der Waals surface area contributed by atoms with Crippen LogP contribution in [0.3, 0.4) is 0 Å². The molecule has 0 saturated heterocycles. The standard InChI is InChI=1S/C14H18/c1-2-6-12-10-14-8-4-3-7-13(14)9-11(12)5-1/h1-2,5-6,13-14H,3-4,7-10H2/t13-,14-/m1/s1. The van der Waals surface area contributed by atoms with Gasteiger partial charge in [-0.05, 0) is 48.6 Å². The highest BCUT2D eigenvalue weighted by atomic mass is 14.3. The molecule has 3 rings (SSSR count). The summed E-state index contributed by atoms with van der Waals surface area (Å²) in [6.07, 6.45) is 8.65. The second-order valence-electron chi connectivity index (χ2n) is 4.98. The van der Waals surface area contributed by atoms with E-state index in [1.807, 2.05) is 0 Å². The Balaban J connectivity index is 1.91. The normalized spacial score (nSPS) is 30.6. The van der Waals surface area contributed by atoms with Gasteiger partial charge in [0.15, 0.2) is 0 Å². The molecule has 0 N–H and O–H groups in total. The molecule has 74 valence electrons. The lowest BCUT2D eigenvalue weighted by Gasteiger charge is -2.36. The maximum atomic E-state index is 2.33. The maximum absolute atomic E-state index is 2.33. The van der Waals surface area contributed by atoms with Crippen LogP contribution >= 0.6 is 0 Å². The highest BCUT2D eigenvalue weighted by molar-refractivity contribution is 5.30. The largest absolute Gasteiger partial charge is 0.0620 e. The van der Waals surface area contributed by atoms with E-state index in [9.17, 15) is 0 Å². The van der Waals surface area contributed by atoms with E-state index in [1.165, 1.54) is 38.5 Å². The molecule has 2 atom stereocenters. The Kier molecular flexibility index (Phi) is 2.08. The van der Waals surface area contributed by atoms with E-state index in [4.69, 9.17) is 0 Å². The molecule has 1 fully saturated rings. The van der Waals surface area contributed by atoms with Gasteiger partial charge in [0.1, 0.15) is 0 Å². The summed E-state index contributed by atoms with van der Waals surface area (Å²) in [4.78, 5) is 0. The lowest BCUT2D eigenvalue weighted by atomic mass is 9.69. The first-order valence-corrected chi connectivity index (χ1v) is 6.00. The topological polar surface area (TPSA) is 0 Å². The van der Waals surface area contributed by atoms with Gasteiger partial charge in [0.25, 0.3) is 0 Å². The zero-order valence-electron chi connectivity index (χ0n) is 8.71. The quantitative estimate of drug-likeness (QED) is 0.581. The van der Waals surface area contributed by atoms with Gasteiger partial charge in [-0.1, -0.05) is 37.1 Å². The molecule has 0 unspecified atom stereocenters. The van der Waals surface area contributed by atoms with Crippen molar-refractivity contribution < 1.29 is 0 Å². The minimum absolute atomic E-state index is 1.01. The highest BCUT2D eigenvalue weighted by Gasteiger charge is 2.29. The fourth-order valence-corrected chi connectivity index (χ4v) is 3.34. The smallest absolute Gasteiger partial charge is 0.0245 e. The molecule has 0 bridgehead atoms. The van der Waals surface area contributed by atoms with Crippen molar-refractivity contribution in [2.45, 2.75) is 38.5 Å². The molecule has 0 radical (unpaired) electrons. The molecule has 0 heteroatoms. The second-order valence-corrected chi connectivity index (χ2v) is 4.98. The Morgan fingerprint density at radius 3 is 1.79 bits per heavy atom. The predicted molar refractivity (Wildman–Crippen MR) is 59.3 cm³/mol. The number of rotatable bonds is 0. The van der Waals surface area contributed by atoms with Crippen LogP contribution < -0.4 is 0 Å². The van der Waals surface area contributed by atoms with Crippen LogP contribution in [0.25, 0.3) is 0 Å². The van der Waals surface area contributed by atoms with Crippen LogP contribution in [0.15, 0.2) is 24.3 Å². The van der Waals surface area contributed by atoms with E-state index in [0.29, 0.717) is 0 Å². The Morgan fingerprint density at radius 1 is 0.786 bits per heavy atom. The average Bonchev–Trinajstić information content (AvgIpc) is 2.26. The Hall–Kier alpha value is -0.780. The molecular formula is C14H18. The minimum atomic E-state index is 1.01. The Bertz CT molecular complexity index is 294. The van der Waals surface area contributed by atoms with Gasteiger partial charge in [0.05, 0.1) is 0 Å². The van der Waals surface area contributed by atoms with Crippen LogP contribution in [0.5, 0.6) is 0 Å². The molecule has 1 aromatic carbocycles. The van der Waals surface area contributed by atoms with Gasteiger partial charge in [-0.2, -0.15) is 0 Å². The van der Waals surface area contributed by atoms with Crippen molar-refractivity contribution in [3.8, 4) is 0 Å². The number of benzene rings is 1. The summed E-state index contributed by atoms with van der Waals surface area (Å²) in [6, 6.07) is 9.06. The Morgan fingerprint density at radius 2 is 1.29 bits per heavy atom. The Labute approximate surface area is 86.3 Å². The first-order valence-electron chi connectivity index (χ1n) is 6.00. The monoisotopic (exact) mass is 186 g/mol. The first kappa shape index (κ1) is 8.52. The summed E-state index contributed by atoms with van der Waals surface area (Å²) in [6.45, 7) is 0. The summed E-state index contributed by atoms with van der Waals surface area (Å²) in [5.74, 6) is 2.03. The molecule has 1 saturated carbocycles. The zero-order chi connectivity index (χ0) is 9.38. The molecule has 2 aliphatic carbocycles. The van der Waals surface area contributed by atoms with Crippen LogP contribution in [0.4, 0.5) is 0 Å². The SMILES string of the molecule is c1ccc2c(c1)C[C@H]1CCCC[C@@H]1C2. The number of fused-ring (bicyclic) bond motifs is 2. The third-order valence-electron chi connectivity index (χ3n) is 4.15. The van der Waals surface area contributed by atoms with Gasteiger partial charge in [0.2, 0.25) is 0 Å². The summed E-state index contributed by atoms with van der Waals surface area (Å²) < 4.78 is 0. The highest BCUT2D eigenvalue weighted by Crippen LogP contribution is 2.39. The number of hydrogen-bond donors (Lipinski definition) is 0.